The number of aromatic nitrogens is 2. The molecule has 1 amide bonds. The lowest BCUT2D eigenvalue weighted by atomic mass is 10.2. The number of nitrogen functional groups attached to an aromatic ring is 1. The van der Waals surface area contributed by atoms with Crippen molar-refractivity contribution in [2.75, 3.05) is 43.1 Å². The molecule has 0 saturated carbocycles. The Bertz CT molecular complexity index is 512. The summed E-state index contributed by atoms with van der Waals surface area (Å²) in [7, 11) is 0. The van der Waals surface area contributed by atoms with Crippen LogP contribution in [-0.2, 0) is 4.74 Å². The molecule has 1 aromatic heterocycles. The number of carbonyl (C=O) groups is 1. The molecule has 2 aliphatic rings. The Balaban J connectivity index is 1.80. The van der Waals surface area contributed by atoms with Gasteiger partial charge in [0.15, 0.2) is 5.16 Å². The summed E-state index contributed by atoms with van der Waals surface area (Å²) in [5.74, 6) is 1.28. The van der Waals surface area contributed by atoms with Crippen LogP contribution in [0.1, 0.15) is 0 Å². The zero-order valence-corrected chi connectivity index (χ0v) is 11.4. The fourth-order valence-electron chi connectivity index (χ4n) is 2.38. The van der Waals surface area contributed by atoms with Crippen molar-refractivity contribution in [2.24, 2.45) is 0 Å². The minimum Gasteiger partial charge on any atom is -0.447 e. The van der Waals surface area contributed by atoms with E-state index in [1.807, 2.05) is 6.26 Å². The van der Waals surface area contributed by atoms with Gasteiger partial charge in [-0.15, -0.1) is 0 Å². The van der Waals surface area contributed by atoms with Gasteiger partial charge < -0.3 is 15.4 Å². The molecule has 3 heterocycles. The first-order valence-electron chi connectivity index (χ1n) is 6.04. The number of nitrogens with two attached hydrogens (primary N) is 1. The molecule has 0 spiro atoms. The maximum atomic E-state index is 11.4. The Morgan fingerprint density at radius 3 is 3.11 bits per heavy atom. The van der Waals surface area contributed by atoms with Crippen LogP contribution in [0.3, 0.4) is 0 Å². The number of thioether (sulfide) groups is 1. The number of amides is 1. The molecular formula is C11H15N5O2S. The number of anilines is 2. The van der Waals surface area contributed by atoms with E-state index in [0.29, 0.717) is 24.1 Å². The largest absolute Gasteiger partial charge is 0.447 e. The van der Waals surface area contributed by atoms with Gasteiger partial charge in [-0.3, -0.25) is 4.90 Å². The van der Waals surface area contributed by atoms with Crippen LogP contribution in [0, 0.1) is 0 Å². The number of ether oxygens (including phenoxy) is 1. The highest BCUT2D eigenvalue weighted by Crippen LogP contribution is 2.24. The highest BCUT2D eigenvalue weighted by Gasteiger charge is 2.37. The maximum absolute atomic E-state index is 11.4. The van der Waals surface area contributed by atoms with Crippen molar-refractivity contribution in [3.63, 3.8) is 0 Å². The minimum absolute atomic E-state index is 0.107. The number of cyclic esters (lactones) is 1. The molecule has 1 unspecified atom stereocenters. The monoisotopic (exact) mass is 281 g/mol. The van der Waals surface area contributed by atoms with Gasteiger partial charge in [-0.1, -0.05) is 11.8 Å². The zero-order chi connectivity index (χ0) is 13.4. The standard InChI is InChI=1S/C11H15N5O2S/c1-19-10-13-8(12)4-9(14-10)15-2-3-16-7(5-15)6-18-11(16)17/h4,7H,2-3,5-6H2,1H3,(H2,12,13,14). The molecular weight excluding hydrogens is 266 g/mol. The molecule has 0 aliphatic carbocycles. The van der Waals surface area contributed by atoms with Gasteiger partial charge in [-0.25, -0.2) is 14.8 Å². The summed E-state index contributed by atoms with van der Waals surface area (Å²) in [4.78, 5) is 23.9. The summed E-state index contributed by atoms with van der Waals surface area (Å²) in [5, 5.41) is 0.663. The molecule has 0 bridgehead atoms. The molecule has 102 valence electrons. The molecule has 1 aromatic rings. The summed E-state index contributed by atoms with van der Waals surface area (Å²) in [6.07, 6.45) is 1.71. The molecule has 2 fully saturated rings. The SMILES string of the molecule is CSc1nc(N)cc(N2CCN3C(=O)OCC3C2)n1. The van der Waals surface area contributed by atoms with Crippen molar-refractivity contribution in [3.05, 3.63) is 6.07 Å². The normalized spacial score (nSPS) is 22.4. The third-order valence-corrected chi connectivity index (χ3v) is 3.88. The van der Waals surface area contributed by atoms with E-state index in [-0.39, 0.29) is 12.1 Å². The number of hydrogen-bond donors (Lipinski definition) is 1. The number of fused-ring (bicyclic) bond motifs is 1. The van der Waals surface area contributed by atoms with Crippen LogP contribution in [0.15, 0.2) is 11.2 Å². The third-order valence-electron chi connectivity index (χ3n) is 3.33. The quantitative estimate of drug-likeness (QED) is 0.621. The van der Waals surface area contributed by atoms with E-state index in [0.717, 1.165) is 18.9 Å². The number of piperazine rings is 1. The molecule has 2 N–H and O–H groups in total. The average molecular weight is 281 g/mol. The molecule has 3 rings (SSSR count). The van der Waals surface area contributed by atoms with Crippen LogP contribution in [0.2, 0.25) is 0 Å². The van der Waals surface area contributed by atoms with Crippen LogP contribution < -0.4 is 10.6 Å². The number of hydrogen-bond acceptors (Lipinski definition) is 7. The van der Waals surface area contributed by atoms with E-state index in [1.54, 1.807) is 11.0 Å². The summed E-state index contributed by atoms with van der Waals surface area (Å²) in [6, 6.07) is 1.88. The number of rotatable bonds is 2. The Morgan fingerprint density at radius 2 is 2.32 bits per heavy atom. The highest BCUT2D eigenvalue weighted by atomic mass is 32.2. The van der Waals surface area contributed by atoms with E-state index in [4.69, 9.17) is 10.5 Å². The molecule has 7 nitrogen and oxygen atoms in total. The van der Waals surface area contributed by atoms with Crippen LogP contribution in [0.4, 0.5) is 16.4 Å². The van der Waals surface area contributed by atoms with Crippen LogP contribution >= 0.6 is 11.8 Å². The van der Waals surface area contributed by atoms with E-state index >= 15 is 0 Å². The Labute approximate surface area is 115 Å². The van der Waals surface area contributed by atoms with Gasteiger partial charge in [0.05, 0.1) is 6.04 Å². The number of nitrogens with zero attached hydrogens (tertiary/aromatic N) is 4. The second-order valence-corrected chi connectivity index (χ2v) is 5.28. The molecule has 2 saturated heterocycles. The first-order chi connectivity index (χ1) is 9.17. The van der Waals surface area contributed by atoms with E-state index in [9.17, 15) is 4.79 Å². The lowest BCUT2D eigenvalue weighted by Gasteiger charge is -2.36. The molecule has 8 heteroatoms. The second-order valence-electron chi connectivity index (χ2n) is 4.51. The van der Waals surface area contributed by atoms with Gasteiger partial charge in [0.25, 0.3) is 0 Å². The van der Waals surface area contributed by atoms with E-state index in [2.05, 4.69) is 14.9 Å². The van der Waals surface area contributed by atoms with Gasteiger partial charge in [0.1, 0.15) is 18.2 Å². The zero-order valence-electron chi connectivity index (χ0n) is 10.6. The van der Waals surface area contributed by atoms with Crippen LogP contribution in [-0.4, -0.2) is 59.5 Å². The van der Waals surface area contributed by atoms with Crippen molar-refractivity contribution in [1.82, 2.24) is 14.9 Å². The van der Waals surface area contributed by atoms with Crippen LogP contribution in [0.25, 0.3) is 0 Å². The van der Waals surface area contributed by atoms with Gasteiger partial charge in [0, 0.05) is 25.7 Å². The summed E-state index contributed by atoms with van der Waals surface area (Å²) in [5.41, 5.74) is 5.79. The lowest BCUT2D eigenvalue weighted by molar-refractivity contribution is 0.157. The number of carbonyl (C=O) groups excluding carboxylic acids is 1. The summed E-state index contributed by atoms with van der Waals surface area (Å²) >= 11 is 1.46. The smallest absolute Gasteiger partial charge is 0.410 e. The predicted octanol–water partition coefficient (Wildman–Crippen LogP) is 0.421. The minimum atomic E-state index is -0.211. The van der Waals surface area contributed by atoms with Crippen molar-refractivity contribution in [1.29, 1.82) is 0 Å². The topological polar surface area (TPSA) is 84.6 Å². The first-order valence-corrected chi connectivity index (χ1v) is 7.27. The Morgan fingerprint density at radius 1 is 1.47 bits per heavy atom. The van der Waals surface area contributed by atoms with Gasteiger partial charge in [0.2, 0.25) is 0 Å². The predicted molar refractivity (Wildman–Crippen MR) is 72.3 cm³/mol. The average Bonchev–Trinajstić information content (AvgIpc) is 2.79. The molecule has 19 heavy (non-hydrogen) atoms. The molecule has 1 atom stereocenters. The second kappa shape index (κ2) is 4.76. The molecule has 0 aromatic carbocycles. The highest BCUT2D eigenvalue weighted by molar-refractivity contribution is 7.98. The first kappa shape index (κ1) is 12.3. The van der Waals surface area contributed by atoms with Gasteiger partial charge >= 0.3 is 6.09 Å². The lowest BCUT2D eigenvalue weighted by Crippen LogP contribution is -2.52. The Kier molecular flexibility index (Phi) is 3.09. The van der Waals surface area contributed by atoms with Crippen molar-refractivity contribution >= 4 is 29.5 Å². The van der Waals surface area contributed by atoms with Crippen LogP contribution in [0.5, 0.6) is 0 Å². The summed E-state index contributed by atoms with van der Waals surface area (Å²) in [6.45, 7) is 2.55. The van der Waals surface area contributed by atoms with Crippen molar-refractivity contribution in [2.45, 2.75) is 11.2 Å². The van der Waals surface area contributed by atoms with Gasteiger partial charge in [-0.05, 0) is 6.26 Å². The third kappa shape index (κ3) is 2.27. The van der Waals surface area contributed by atoms with E-state index in [1.165, 1.54) is 11.8 Å². The fraction of sp³-hybridized carbons (Fsp3) is 0.545. The van der Waals surface area contributed by atoms with Crippen molar-refractivity contribution < 1.29 is 9.53 Å². The van der Waals surface area contributed by atoms with Gasteiger partial charge in [-0.2, -0.15) is 0 Å². The Hall–Kier alpha value is -1.70. The van der Waals surface area contributed by atoms with Crippen molar-refractivity contribution in [3.8, 4) is 0 Å². The maximum Gasteiger partial charge on any atom is 0.410 e. The fourth-order valence-corrected chi connectivity index (χ4v) is 2.76. The molecule has 0 radical (unpaired) electrons. The summed E-state index contributed by atoms with van der Waals surface area (Å²) < 4.78 is 5.05. The molecule has 2 aliphatic heterocycles. The van der Waals surface area contributed by atoms with E-state index < -0.39 is 0 Å².